The van der Waals surface area contributed by atoms with Crippen LogP contribution in [0.2, 0.25) is 0 Å². The topological polar surface area (TPSA) is 56.6 Å². The molecule has 1 saturated heterocycles. The molecule has 2 rings (SSSR count). The molecule has 1 fully saturated rings. The van der Waals surface area contributed by atoms with Crippen LogP contribution in [0.5, 0.6) is 0 Å². The third kappa shape index (κ3) is 4.13. The minimum atomic E-state index is -0.529. The normalized spacial score (nSPS) is 18.5. The van der Waals surface area contributed by atoms with Crippen molar-refractivity contribution in [1.82, 2.24) is 4.90 Å². The van der Waals surface area contributed by atoms with Crippen molar-refractivity contribution in [2.75, 3.05) is 24.5 Å². The van der Waals surface area contributed by atoms with Crippen LogP contribution in [0.25, 0.3) is 0 Å². The van der Waals surface area contributed by atoms with Crippen molar-refractivity contribution in [2.45, 2.75) is 39.3 Å². The fourth-order valence-corrected chi connectivity index (χ4v) is 2.64. The molecular formula is C17H22FN3O2. The number of anilines is 1. The number of carbonyl (C=O) groups is 1. The Labute approximate surface area is 136 Å². The zero-order chi connectivity index (χ0) is 17.2. The van der Waals surface area contributed by atoms with E-state index in [0.29, 0.717) is 30.9 Å². The highest BCUT2D eigenvalue weighted by molar-refractivity contribution is 5.69. The van der Waals surface area contributed by atoms with Gasteiger partial charge in [-0.05, 0) is 45.9 Å². The molecule has 1 aromatic carbocycles. The smallest absolute Gasteiger partial charge is 0.410 e. The molecule has 6 heteroatoms. The number of nitrogens with zero attached hydrogens (tertiary/aromatic N) is 3. The first kappa shape index (κ1) is 17.1. The zero-order valence-corrected chi connectivity index (χ0v) is 14.0. The van der Waals surface area contributed by atoms with E-state index in [-0.39, 0.29) is 12.1 Å². The minimum absolute atomic E-state index is 0.0600. The molecule has 1 aliphatic rings. The van der Waals surface area contributed by atoms with Gasteiger partial charge >= 0.3 is 6.09 Å². The molecule has 0 spiro atoms. The van der Waals surface area contributed by atoms with Crippen LogP contribution < -0.4 is 4.90 Å². The van der Waals surface area contributed by atoms with Crippen LogP contribution in [-0.2, 0) is 4.74 Å². The summed E-state index contributed by atoms with van der Waals surface area (Å²) < 4.78 is 18.7. The summed E-state index contributed by atoms with van der Waals surface area (Å²) in [5, 5.41) is 9.18. The molecule has 0 radical (unpaired) electrons. The minimum Gasteiger partial charge on any atom is -0.444 e. The SMILES string of the molecule is C[C@@H]1CN(c2ccc(F)cc2C#N)CCN1C(=O)OC(C)(C)C. The van der Waals surface area contributed by atoms with E-state index in [2.05, 4.69) is 0 Å². The Morgan fingerprint density at radius 3 is 2.65 bits per heavy atom. The van der Waals surface area contributed by atoms with Crippen molar-refractivity contribution >= 4 is 11.8 Å². The summed E-state index contributed by atoms with van der Waals surface area (Å²) in [4.78, 5) is 15.9. The molecule has 1 aliphatic heterocycles. The fourth-order valence-electron chi connectivity index (χ4n) is 2.64. The van der Waals surface area contributed by atoms with E-state index in [0.717, 1.165) is 0 Å². The van der Waals surface area contributed by atoms with Crippen molar-refractivity contribution in [3.63, 3.8) is 0 Å². The Morgan fingerprint density at radius 1 is 1.39 bits per heavy atom. The van der Waals surface area contributed by atoms with Crippen LogP contribution in [0.3, 0.4) is 0 Å². The Balaban J connectivity index is 2.10. The molecule has 124 valence electrons. The van der Waals surface area contributed by atoms with Crippen LogP contribution in [0.1, 0.15) is 33.3 Å². The van der Waals surface area contributed by atoms with E-state index in [9.17, 15) is 14.4 Å². The van der Waals surface area contributed by atoms with Gasteiger partial charge in [-0.2, -0.15) is 5.26 Å². The molecule has 1 heterocycles. The molecule has 0 saturated carbocycles. The summed E-state index contributed by atoms with van der Waals surface area (Å²) in [6, 6.07) is 6.17. The van der Waals surface area contributed by atoms with Gasteiger partial charge in [-0.25, -0.2) is 9.18 Å². The number of rotatable bonds is 1. The number of carbonyl (C=O) groups excluding carboxylic acids is 1. The second-order valence-corrected chi connectivity index (χ2v) is 6.74. The molecule has 1 aromatic rings. The molecule has 0 aliphatic carbocycles. The van der Waals surface area contributed by atoms with Gasteiger partial charge in [0.15, 0.2) is 0 Å². The van der Waals surface area contributed by atoms with Gasteiger partial charge in [0.05, 0.1) is 11.3 Å². The fraction of sp³-hybridized carbons (Fsp3) is 0.529. The molecular weight excluding hydrogens is 297 g/mol. The second kappa shape index (κ2) is 6.45. The predicted octanol–water partition coefficient (Wildman–Crippen LogP) is 3.14. The Bertz CT molecular complexity index is 634. The van der Waals surface area contributed by atoms with Gasteiger partial charge in [0.2, 0.25) is 0 Å². The maximum absolute atomic E-state index is 13.3. The van der Waals surface area contributed by atoms with E-state index in [1.165, 1.54) is 12.1 Å². The molecule has 0 aromatic heterocycles. The zero-order valence-electron chi connectivity index (χ0n) is 14.0. The number of piperazine rings is 1. The predicted molar refractivity (Wildman–Crippen MR) is 85.7 cm³/mol. The van der Waals surface area contributed by atoms with Crippen LogP contribution in [-0.4, -0.2) is 42.3 Å². The maximum Gasteiger partial charge on any atom is 0.410 e. The van der Waals surface area contributed by atoms with Gasteiger partial charge in [-0.3, -0.25) is 0 Å². The number of ether oxygens (including phenoxy) is 1. The average Bonchev–Trinajstić information content (AvgIpc) is 2.44. The second-order valence-electron chi connectivity index (χ2n) is 6.74. The third-order valence-electron chi connectivity index (χ3n) is 3.68. The first-order chi connectivity index (χ1) is 10.7. The highest BCUT2D eigenvalue weighted by atomic mass is 19.1. The quantitative estimate of drug-likeness (QED) is 0.798. The number of amides is 1. The first-order valence-corrected chi connectivity index (χ1v) is 7.65. The molecule has 1 atom stereocenters. The van der Waals surface area contributed by atoms with Crippen molar-refractivity contribution in [2.24, 2.45) is 0 Å². The van der Waals surface area contributed by atoms with Crippen molar-refractivity contribution in [3.8, 4) is 6.07 Å². The van der Waals surface area contributed by atoms with Gasteiger partial charge < -0.3 is 14.5 Å². The number of benzene rings is 1. The molecule has 23 heavy (non-hydrogen) atoms. The summed E-state index contributed by atoms with van der Waals surface area (Å²) in [5.41, 5.74) is 0.478. The van der Waals surface area contributed by atoms with E-state index >= 15 is 0 Å². The molecule has 0 bridgehead atoms. The van der Waals surface area contributed by atoms with Gasteiger partial charge in [0, 0.05) is 25.7 Å². The lowest BCUT2D eigenvalue weighted by Gasteiger charge is -2.41. The Kier molecular flexibility index (Phi) is 4.79. The van der Waals surface area contributed by atoms with Gasteiger partial charge in [0.25, 0.3) is 0 Å². The summed E-state index contributed by atoms with van der Waals surface area (Å²) in [5.74, 6) is -0.425. The first-order valence-electron chi connectivity index (χ1n) is 7.65. The molecule has 1 amide bonds. The number of hydrogen-bond acceptors (Lipinski definition) is 4. The standard InChI is InChI=1S/C17H22FN3O2/c1-12-11-20(15-6-5-14(18)9-13(15)10-19)7-8-21(12)16(22)23-17(2,3)4/h5-6,9,12H,7-8,11H2,1-4H3/t12-/m1/s1. The summed E-state index contributed by atoms with van der Waals surface area (Å²) in [6.07, 6.45) is -0.329. The lowest BCUT2D eigenvalue weighted by Crippen LogP contribution is -2.55. The lowest BCUT2D eigenvalue weighted by molar-refractivity contribution is 0.0159. The van der Waals surface area contributed by atoms with Crippen LogP contribution in [0, 0.1) is 17.1 Å². The van der Waals surface area contributed by atoms with Crippen molar-refractivity contribution < 1.29 is 13.9 Å². The number of halogens is 1. The highest BCUT2D eigenvalue weighted by Crippen LogP contribution is 2.25. The van der Waals surface area contributed by atoms with Gasteiger partial charge in [0.1, 0.15) is 17.5 Å². The van der Waals surface area contributed by atoms with E-state index in [1.54, 1.807) is 11.0 Å². The summed E-state index contributed by atoms with van der Waals surface area (Å²) in [7, 11) is 0. The molecule has 0 unspecified atom stereocenters. The van der Waals surface area contributed by atoms with Crippen molar-refractivity contribution in [1.29, 1.82) is 5.26 Å². The molecule has 0 N–H and O–H groups in total. The Morgan fingerprint density at radius 2 is 2.09 bits per heavy atom. The van der Waals surface area contributed by atoms with Crippen LogP contribution >= 0.6 is 0 Å². The number of nitriles is 1. The van der Waals surface area contributed by atoms with Crippen LogP contribution in [0.4, 0.5) is 14.9 Å². The Hall–Kier alpha value is -2.29. The van der Waals surface area contributed by atoms with Crippen LogP contribution in [0.15, 0.2) is 18.2 Å². The van der Waals surface area contributed by atoms with E-state index in [1.807, 2.05) is 38.7 Å². The monoisotopic (exact) mass is 319 g/mol. The summed E-state index contributed by atoms with van der Waals surface area (Å²) >= 11 is 0. The average molecular weight is 319 g/mol. The largest absolute Gasteiger partial charge is 0.444 e. The van der Waals surface area contributed by atoms with E-state index < -0.39 is 11.4 Å². The van der Waals surface area contributed by atoms with Crippen molar-refractivity contribution in [3.05, 3.63) is 29.6 Å². The van der Waals surface area contributed by atoms with Gasteiger partial charge in [-0.1, -0.05) is 0 Å². The lowest BCUT2D eigenvalue weighted by atomic mass is 10.1. The van der Waals surface area contributed by atoms with Gasteiger partial charge in [-0.15, -0.1) is 0 Å². The maximum atomic E-state index is 13.3. The highest BCUT2D eigenvalue weighted by Gasteiger charge is 2.31. The van der Waals surface area contributed by atoms with E-state index in [4.69, 9.17) is 4.74 Å². The molecule has 5 nitrogen and oxygen atoms in total. The third-order valence-corrected chi connectivity index (χ3v) is 3.68. The summed E-state index contributed by atoms with van der Waals surface area (Å²) in [6.45, 7) is 9.09. The number of hydrogen-bond donors (Lipinski definition) is 0.